The molecule has 3 heterocycles. The van der Waals surface area contributed by atoms with E-state index in [1.54, 1.807) is 0 Å². The number of nitrogens with zero attached hydrogens (tertiary/aromatic N) is 3. The van der Waals surface area contributed by atoms with Gasteiger partial charge in [-0.15, -0.1) is 0 Å². The van der Waals surface area contributed by atoms with Crippen LogP contribution in [0.3, 0.4) is 0 Å². The highest BCUT2D eigenvalue weighted by molar-refractivity contribution is 5.12. The number of aromatic nitrogens is 1. The molecule has 2 bridgehead atoms. The number of pyridine rings is 1. The molecule has 1 aromatic heterocycles. The second-order valence-electron chi connectivity index (χ2n) is 6.39. The summed E-state index contributed by atoms with van der Waals surface area (Å²) in [5.41, 5.74) is 7.40. The highest BCUT2D eigenvalue weighted by atomic mass is 15.3. The van der Waals surface area contributed by atoms with Crippen molar-refractivity contribution >= 4 is 0 Å². The Labute approximate surface area is 122 Å². The SMILES string of the molecule is CC(N)C(c1ccccn1)N1CCC2CCC(C1)N2C. The van der Waals surface area contributed by atoms with Crippen LogP contribution in [0.4, 0.5) is 0 Å². The molecule has 1 aromatic rings. The van der Waals surface area contributed by atoms with Crippen molar-refractivity contribution in [3.8, 4) is 0 Å². The summed E-state index contributed by atoms with van der Waals surface area (Å²) in [6, 6.07) is 7.94. The Hall–Kier alpha value is -0.970. The number of fused-ring (bicyclic) bond motifs is 2. The molecule has 2 N–H and O–H groups in total. The van der Waals surface area contributed by atoms with E-state index in [1.165, 1.54) is 19.3 Å². The molecule has 4 unspecified atom stereocenters. The third kappa shape index (κ3) is 2.60. The highest BCUT2D eigenvalue weighted by Gasteiger charge is 2.37. The van der Waals surface area contributed by atoms with E-state index in [-0.39, 0.29) is 12.1 Å². The molecule has 0 spiro atoms. The predicted octanol–water partition coefficient (Wildman–Crippen LogP) is 1.64. The molecular formula is C16H26N4. The largest absolute Gasteiger partial charge is 0.326 e. The van der Waals surface area contributed by atoms with E-state index in [4.69, 9.17) is 5.73 Å². The van der Waals surface area contributed by atoms with Crippen molar-refractivity contribution in [3.63, 3.8) is 0 Å². The normalized spacial score (nSPS) is 30.9. The Kier molecular flexibility index (Phi) is 4.06. The first-order valence-corrected chi connectivity index (χ1v) is 7.79. The van der Waals surface area contributed by atoms with E-state index in [0.29, 0.717) is 6.04 Å². The fourth-order valence-electron chi connectivity index (χ4n) is 3.93. The van der Waals surface area contributed by atoms with Crippen LogP contribution in [-0.4, -0.2) is 53.0 Å². The van der Waals surface area contributed by atoms with E-state index in [0.717, 1.165) is 24.8 Å². The van der Waals surface area contributed by atoms with E-state index < -0.39 is 0 Å². The van der Waals surface area contributed by atoms with Gasteiger partial charge in [-0.05, 0) is 45.4 Å². The van der Waals surface area contributed by atoms with Crippen LogP contribution in [0.1, 0.15) is 37.9 Å². The van der Waals surface area contributed by atoms with E-state index in [9.17, 15) is 0 Å². The van der Waals surface area contributed by atoms with Gasteiger partial charge >= 0.3 is 0 Å². The van der Waals surface area contributed by atoms with Crippen molar-refractivity contribution in [2.75, 3.05) is 20.1 Å². The van der Waals surface area contributed by atoms with Crippen LogP contribution in [-0.2, 0) is 0 Å². The average Bonchev–Trinajstić information content (AvgIpc) is 2.67. The lowest BCUT2D eigenvalue weighted by molar-refractivity contribution is 0.153. The van der Waals surface area contributed by atoms with E-state index >= 15 is 0 Å². The molecule has 2 fully saturated rings. The Balaban J connectivity index is 1.82. The van der Waals surface area contributed by atoms with Gasteiger partial charge in [0, 0.05) is 37.4 Å². The first kappa shape index (κ1) is 14.0. The van der Waals surface area contributed by atoms with Gasteiger partial charge < -0.3 is 5.73 Å². The number of hydrogen-bond donors (Lipinski definition) is 1. The number of hydrogen-bond acceptors (Lipinski definition) is 4. The van der Waals surface area contributed by atoms with Crippen LogP contribution in [0.5, 0.6) is 0 Å². The minimum absolute atomic E-state index is 0.104. The maximum absolute atomic E-state index is 6.29. The van der Waals surface area contributed by atoms with Crippen molar-refractivity contribution in [1.82, 2.24) is 14.8 Å². The fourth-order valence-corrected chi connectivity index (χ4v) is 3.93. The molecule has 3 rings (SSSR count). The number of likely N-dealkylation sites (N-methyl/N-ethyl adjacent to an activating group) is 1. The zero-order valence-electron chi connectivity index (χ0n) is 12.6. The summed E-state index contributed by atoms with van der Waals surface area (Å²) in [6.45, 7) is 4.36. The quantitative estimate of drug-likeness (QED) is 0.910. The third-order valence-corrected chi connectivity index (χ3v) is 5.06. The third-order valence-electron chi connectivity index (χ3n) is 5.06. The van der Waals surface area contributed by atoms with Crippen LogP contribution in [0, 0.1) is 0 Å². The van der Waals surface area contributed by atoms with Crippen LogP contribution >= 0.6 is 0 Å². The second-order valence-corrected chi connectivity index (χ2v) is 6.39. The lowest BCUT2D eigenvalue weighted by atomic mass is 10.0. The minimum Gasteiger partial charge on any atom is -0.326 e. The van der Waals surface area contributed by atoms with Gasteiger partial charge in [-0.1, -0.05) is 6.07 Å². The summed E-state index contributed by atoms with van der Waals surface area (Å²) < 4.78 is 0. The van der Waals surface area contributed by atoms with Gasteiger partial charge in [0.1, 0.15) is 0 Å². The number of likely N-dealkylation sites (tertiary alicyclic amines) is 1. The van der Waals surface area contributed by atoms with Gasteiger partial charge in [-0.3, -0.25) is 14.8 Å². The van der Waals surface area contributed by atoms with Crippen molar-refractivity contribution in [1.29, 1.82) is 0 Å². The maximum Gasteiger partial charge on any atom is 0.0671 e. The smallest absolute Gasteiger partial charge is 0.0671 e. The summed E-state index contributed by atoms with van der Waals surface area (Å²) in [5.74, 6) is 0. The maximum atomic E-state index is 6.29. The van der Waals surface area contributed by atoms with Crippen LogP contribution < -0.4 is 5.73 Å². The Morgan fingerprint density at radius 1 is 1.25 bits per heavy atom. The molecule has 0 aromatic carbocycles. The molecule has 2 saturated heterocycles. The van der Waals surface area contributed by atoms with Gasteiger partial charge in [0.05, 0.1) is 11.7 Å². The van der Waals surface area contributed by atoms with Gasteiger partial charge in [0.2, 0.25) is 0 Å². The average molecular weight is 274 g/mol. The predicted molar refractivity (Wildman–Crippen MR) is 81.4 cm³/mol. The lowest BCUT2D eigenvalue weighted by Crippen LogP contribution is -2.44. The van der Waals surface area contributed by atoms with Gasteiger partial charge in [-0.2, -0.15) is 0 Å². The van der Waals surface area contributed by atoms with Crippen molar-refractivity contribution < 1.29 is 0 Å². The topological polar surface area (TPSA) is 45.4 Å². The molecule has 2 aliphatic rings. The minimum atomic E-state index is 0.104. The van der Waals surface area contributed by atoms with Crippen molar-refractivity contribution in [3.05, 3.63) is 30.1 Å². The monoisotopic (exact) mass is 274 g/mol. The Bertz CT molecular complexity index is 433. The summed E-state index contributed by atoms with van der Waals surface area (Å²) in [7, 11) is 2.29. The standard InChI is InChI=1S/C16H26N4/c1-12(17)16(15-5-3-4-9-18-15)20-10-8-13-6-7-14(11-20)19(13)2/h3-5,9,12-14,16H,6-8,10-11,17H2,1-2H3. The molecule has 20 heavy (non-hydrogen) atoms. The molecule has 4 atom stereocenters. The zero-order chi connectivity index (χ0) is 14.1. The fraction of sp³-hybridized carbons (Fsp3) is 0.688. The zero-order valence-corrected chi connectivity index (χ0v) is 12.6. The second kappa shape index (κ2) is 5.80. The van der Waals surface area contributed by atoms with Crippen molar-refractivity contribution in [2.24, 2.45) is 5.73 Å². The van der Waals surface area contributed by atoms with Gasteiger partial charge in [-0.25, -0.2) is 0 Å². The Morgan fingerprint density at radius 2 is 2.05 bits per heavy atom. The number of rotatable bonds is 3. The number of nitrogens with two attached hydrogens (primary N) is 1. The van der Waals surface area contributed by atoms with E-state index in [1.807, 2.05) is 12.3 Å². The van der Waals surface area contributed by atoms with Gasteiger partial charge in [0.15, 0.2) is 0 Å². The van der Waals surface area contributed by atoms with E-state index in [2.05, 4.69) is 40.9 Å². The molecule has 0 aliphatic carbocycles. The van der Waals surface area contributed by atoms with Gasteiger partial charge in [0.25, 0.3) is 0 Å². The van der Waals surface area contributed by atoms with Crippen LogP contribution in [0.25, 0.3) is 0 Å². The molecule has 0 amide bonds. The molecule has 4 nitrogen and oxygen atoms in total. The summed E-state index contributed by atoms with van der Waals surface area (Å²) >= 11 is 0. The van der Waals surface area contributed by atoms with Crippen molar-refractivity contribution in [2.45, 2.75) is 50.4 Å². The lowest BCUT2D eigenvalue weighted by Gasteiger charge is -2.35. The van der Waals surface area contributed by atoms with Crippen LogP contribution in [0.15, 0.2) is 24.4 Å². The summed E-state index contributed by atoms with van der Waals surface area (Å²) in [4.78, 5) is 9.69. The summed E-state index contributed by atoms with van der Waals surface area (Å²) in [6.07, 6.45) is 5.82. The first-order chi connectivity index (χ1) is 9.66. The molecule has 110 valence electrons. The molecule has 0 radical (unpaired) electrons. The summed E-state index contributed by atoms with van der Waals surface area (Å²) in [5, 5.41) is 0. The highest BCUT2D eigenvalue weighted by Crippen LogP contribution is 2.32. The Morgan fingerprint density at radius 3 is 2.75 bits per heavy atom. The molecule has 2 aliphatic heterocycles. The van der Waals surface area contributed by atoms with Crippen LogP contribution in [0.2, 0.25) is 0 Å². The molecular weight excluding hydrogens is 248 g/mol. The molecule has 4 heteroatoms. The first-order valence-electron chi connectivity index (χ1n) is 7.79. The molecule has 0 saturated carbocycles.